The van der Waals surface area contributed by atoms with Gasteiger partial charge in [-0.3, -0.25) is 4.99 Å². The van der Waals surface area contributed by atoms with Crippen LogP contribution in [0, 0.1) is 5.39 Å². The van der Waals surface area contributed by atoms with Gasteiger partial charge in [-0.15, -0.1) is 0 Å². The lowest BCUT2D eigenvalue weighted by Gasteiger charge is -2.17. The summed E-state index contributed by atoms with van der Waals surface area (Å²) in [7, 11) is 1.43. The first kappa shape index (κ1) is 17.2. The number of diazo groups is 1. The Bertz CT molecular complexity index is 551. The Morgan fingerprint density at radius 1 is 1.43 bits per heavy atom. The third-order valence-corrected chi connectivity index (χ3v) is 3.63. The Kier molecular flexibility index (Phi) is 6.92. The second-order valence-electron chi connectivity index (χ2n) is 4.50. The molecule has 0 radical (unpaired) electrons. The quantitative estimate of drug-likeness (QED) is 0.461. The maximum Gasteiger partial charge on any atom is 0.407 e. The monoisotopic (exact) mass is 311 g/mol. The van der Waals surface area contributed by atoms with Gasteiger partial charge in [-0.1, -0.05) is 11.6 Å². The van der Waals surface area contributed by atoms with Gasteiger partial charge in [-0.2, -0.15) is 0 Å². The van der Waals surface area contributed by atoms with E-state index in [4.69, 9.17) is 21.7 Å². The molecule has 1 aromatic rings. The lowest BCUT2D eigenvalue weighted by Crippen LogP contribution is -3.11. The van der Waals surface area contributed by atoms with Crippen LogP contribution < -0.4 is 14.7 Å². The lowest BCUT2D eigenvalue weighted by atomic mass is 10.1. The number of benzene rings is 1. The molecule has 0 atom stereocenters. The molecule has 114 valence electrons. The molecule has 0 saturated carbocycles. The van der Waals surface area contributed by atoms with Crippen molar-refractivity contribution in [3.05, 3.63) is 27.7 Å². The van der Waals surface area contributed by atoms with Crippen LogP contribution in [0.5, 0.6) is 5.75 Å². The van der Waals surface area contributed by atoms with Gasteiger partial charge in [0.05, 0.1) is 39.4 Å². The number of rotatable bonds is 7. The van der Waals surface area contributed by atoms with E-state index < -0.39 is 0 Å². The smallest absolute Gasteiger partial charge is 0.407 e. The molecule has 21 heavy (non-hydrogen) atoms. The second kappa shape index (κ2) is 8.45. The van der Waals surface area contributed by atoms with Crippen LogP contribution in [-0.4, -0.2) is 39.2 Å². The Morgan fingerprint density at radius 3 is 2.62 bits per heavy atom. The first-order chi connectivity index (χ1) is 10.1. The minimum absolute atomic E-state index is 0.151. The van der Waals surface area contributed by atoms with Gasteiger partial charge in [0.1, 0.15) is 10.8 Å². The molecule has 0 aliphatic carbocycles. The molecule has 1 rings (SSSR count). The molecule has 1 aromatic carbocycles. The number of halogens is 1. The van der Waals surface area contributed by atoms with Gasteiger partial charge >= 0.3 is 5.69 Å². The minimum atomic E-state index is -0.384. The number of hydrogen-bond acceptors (Lipinski definition) is 4. The van der Waals surface area contributed by atoms with Gasteiger partial charge in [0.25, 0.3) is 0 Å². The highest BCUT2D eigenvalue weighted by Gasteiger charge is 2.17. The predicted molar refractivity (Wildman–Crippen MR) is 81.1 cm³/mol. The zero-order valence-electron chi connectivity index (χ0n) is 12.5. The number of aliphatic imine (C=N–C) groups is 1. The molecule has 0 aliphatic heterocycles. The molecule has 0 unspecified atom stereocenters. The highest BCUT2D eigenvalue weighted by Crippen LogP contribution is 2.32. The normalized spacial score (nSPS) is 11.5. The fraction of sp³-hybridized carbons (Fsp3) is 0.500. The van der Waals surface area contributed by atoms with Crippen molar-refractivity contribution in [3.63, 3.8) is 0 Å². The van der Waals surface area contributed by atoms with Crippen LogP contribution in [0.4, 0.5) is 5.69 Å². The van der Waals surface area contributed by atoms with E-state index in [9.17, 15) is 5.11 Å². The maximum atomic E-state index is 12.1. The first-order valence-corrected chi connectivity index (χ1v) is 7.23. The van der Waals surface area contributed by atoms with Gasteiger partial charge in [0, 0.05) is 5.56 Å². The highest BCUT2D eigenvalue weighted by molar-refractivity contribution is 6.33. The second-order valence-corrected chi connectivity index (χ2v) is 4.91. The molecule has 0 bridgehead atoms. The predicted octanol–water partition coefficient (Wildman–Crippen LogP) is 0.865. The summed E-state index contributed by atoms with van der Waals surface area (Å²) in [6.07, 6.45) is 0. The summed E-state index contributed by atoms with van der Waals surface area (Å²) in [4.78, 5) is 8.45. The van der Waals surface area contributed by atoms with Crippen molar-refractivity contribution in [1.29, 1.82) is 5.39 Å². The van der Waals surface area contributed by atoms with Gasteiger partial charge in [-0.25, -0.2) is 0 Å². The van der Waals surface area contributed by atoms with Crippen molar-refractivity contribution in [2.45, 2.75) is 13.8 Å². The van der Waals surface area contributed by atoms with Gasteiger partial charge in [0.15, 0.2) is 4.98 Å². The zero-order valence-corrected chi connectivity index (χ0v) is 13.3. The highest BCUT2D eigenvalue weighted by atomic mass is 35.5. The summed E-state index contributed by atoms with van der Waals surface area (Å²) in [5, 5.41) is 21.1. The van der Waals surface area contributed by atoms with Crippen LogP contribution >= 0.6 is 11.6 Å². The molecular formula is C14H20ClN4O2+. The Hall–Kier alpha value is -1.84. The Balaban J connectivity index is 2.93. The largest absolute Gasteiger partial charge is 0.858 e. The molecule has 6 nitrogen and oxygen atoms in total. The van der Waals surface area contributed by atoms with Gasteiger partial charge in [0.2, 0.25) is 5.39 Å². The Labute approximate surface area is 129 Å². The van der Waals surface area contributed by atoms with E-state index in [1.165, 1.54) is 24.1 Å². The van der Waals surface area contributed by atoms with Crippen molar-refractivity contribution in [2.75, 3.05) is 33.3 Å². The van der Waals surface area contributed by atoms with Crippen molar-refractivity contribution < 1.29 is 14.7 Å². The third-order valence-electron chi connectivity index (χ3n) is 3.33. The number of hydrogen-bond donors (Lipinski definition) is 1. The molecule has 7 heteroatoms. The molecule has 0 aromatic heterocycles. The summed E-state index contributed by atoms with van der Waals surface area (Å²) in [6.45, 7) is 7.45. The summed E-state index contributed by atoms with van der Waals surface area (Å²) < 4.78 is 5.12. The van der Waals surface area contributed by atoms with E-state index in [0.29, 0.717) is 6.54 Å². The molecule has 0 amide bonds. The van der Waals surface area contributed by atoms with Crippen molar-refractivity contribution in [2.24, 2.45) is 4.99 Å². The molecular weight excluding hydrogens is 292 g/mol. The van der Waals surface area contributed by atoms with Crippen LogP contribution in [0.1, 0.15) is 19.4 Å². The van der Waals surface area contributed by atoms with E-state index in [0.717, 1.165) is 19.6 Å². The van der Waals surface area contributed by atoms with Crippen LogP contribution in [0.15, 0.2) is 17.1 Å². The molecule has 0 spiro atoms. The molecule has 0 saturated heterocycles. The fourth-order valence-corrected chi connectivity index (χ4v) is 2.16. The van der Waals surface area contributed by atoms with Crippen molar-refractivity contribution in [1.82, 2.24) is 0 Å². The first-order valence-electron chi connectivity index (χ1n) is 6.85. The van der Waals surface area contributed by atoms with Gasteiger partial charge < -0.3 is 14.7 Å². The summed E-state index contributed by atoms with van der Waals surface area (Å²) in [5.41, 5.74) is 0.419. The number of likely N-dealkylation sites (N-methyl/N-ethyl adjacent to an activating group) is 1. The molecule has 1 N–H and O–H groups in total. The summed E-state index contributed by atoms with van der Waals surface area (Å²) in [6, 6.07) is 2.81. The van der Waals surface area contributed by atoms with Crippen molar-refractivity contribution >= 4 is 23.2 Å². The average molecular weight is 312 g/mol. The SMILES string of the molecule is CC[NH+](CC)CCN=C([O-])c1cc(Cl)c([N+]#N)cc1OC. The topological polar surface area (TPSA) is 77.2 Å². The zero-order chi connectivity index (χ0) is 15.8. The van der Waals surface area contributed by atoms with E-state index in [1.54, 1.807) is 0 Å². The average Bonchev–Trinajstić information content (AvgIpc) is 2.51. The standard InChI is InChI=1S/C14H19ClN4O2/c1-4-19(5-2)7-6-17-14(20)10-8-11(15)12(18-16)9-13(10)21-3/h8-9H,4-7H2,1-3H3/p+1. The minimum Gasteiger partial charge on any atom is -0.858 e. The van der Waals surface area contributed by atoms with Crippen LogP contribution in [0.2, 0.25) is 5.02 Å². The number of methoxy groups -OCH3 is 1. The van der Waals surface area contributed by atoms with Crippen LogP contribution in [-0.2, 0) is 0 Å². The summed E-state index contributed by atoms with van der Waals surface area (Å²) >= 11 is 5.92. The van der Waals surface area contributed by atoms with E-state index in [2.05, 4.69) is 23.8 Å². The third kappa shape index (κ3) is 4.59. The van der Waals surface area contributed by atoms with Crippen molar-refractivity contribution in [3.8, 4) is 5.75 Å². The lowest BCUT2D eigenvalue weighted by molar-refractivity contribution is -0.894. The molecule has 0 fully saturated rings. The number of quaternary nitrogens is 1. The van der Waals surface area contributed by atoms with Crippen LogP contribution in [0.3, 0.4) is 0 Å². The van der Waals surface area contributed by atoms with E-state index in [1.807, 2.05) is 0 Å². The molecule has 0 heterocycles. The molecule has 0 aliphatic rings. The number of ether oxygens (including phenoxy) is 1. The fourth-order valence-electron chi connectivity index (χ4n) is 1.96. The van der Waals surface area contributed by atoms with E-state index >= 15 is 0 Å². The number of nitrogens with one attached hydrogen (secondary N) is 1. The van der Waals surface area contributed by atoms with Gasteiger partial charge in [-0.05, 0) is 25.8 Å². The maximum absolute atomic E-state index is 12.1. The summed E-state index contributed by atoms with van der Waals surface area (Å²) in [5.74, 6) is -0.0964. The number of nitrogens with zero attached hydrogens (tertiary/aromatic N) is 3. The Morgan fingerprint density at radius 2 is 2.10 bits per heavy atom. The van der Waals surface area contributed by atoms with E-state index in [-0.39, 0.29) is 27.9 Å². The van der Waals surface area contributed by atoms with Crippen LogP contribution in [0.25, 0.3) is 4.98 Å².